The molecule has 94 valence electrons. The number of aryl methyl sites for hydroxylation is 1. The van der Waals surface area contributed by atoms with Crippen LogP contribution in [0.5, 0.6) is 0 Å². The number of aromatic nitrogens is 1. The molecule has 0 aliphatic heterocycles. The van der Waals surface area contributed by atoms with Crippen molar-refractivity contribution in [1.82, 2.24) is 10.3 Å². The van der Waals surface area contributed by atoms with Crippen LogP contribution in [0.2, 0.25) is 0 Å². The van der Waals surface area contributed by atoms with Gasteiger partial charge >= 0.3 is 0 Å². The Morgan fingerprint density at radius 3 is 3.00 bits per heavy atom. The average Bonchev–Trinajstić information content (AvgIpc) is 2.97. The summed E-state index contributed by atoms with van der Waals surface area (Å²) in [7, 11) is 1.66. The van der Waals surface area contributed by atoms with Crippen molar-refractivity contribution in [2.24, 2.45) is 5.92 Å². The van der Waals surface area contributed by atoms with Gasteiger partial charge in [-0.3, -0.25) is 4.79 Å². The molecule has 1 fully saturated rings. The summed E-state index contributed by atoms with van der Waals surface area (Å²) in [6.07, 6.45) is 8.38. The normalized spacial score (nSPS) is 16.3. The van der Waals surface area contributed by atoms with Gasteiger partial charge < -0.3 is 5.32 Å². The number of hydrogen-bond donors (Lipinski definition) is 1. The van der Waals surface area contributed by atoms with Gasteiger partial charge in [-0.2, -0.15) is 0 Å². The van der Waals surface area contributed by atoms with Gasteiger partial charge in [0.1, 0.15) is 5.01 Å². The molecule has 0 atom stereocenters. The Hall–Kier alpha value is -0.900. The smallest absolute Gasteiger partial charge is 0.226 e. The minimum absolute atomic E-state index is 0.0432. The summed E-state index contributed by atoms with van der Waals surface area (Å²) in [5, 5.41) is 5.67. The van der Waals surface area contributed by atoms with Crippen LogP contribution >= 0.6 is 11.3 Å². The van der Waals surface area contributed by atoms with Crippen LogP contribution in [0.3, 0.4) is 0 Å². The quantitative estimate of drug-likeness (QED) is 0.875. The van der Waals surface area contributed by atoms with Gasteiger partial charge in [0.15, 0.2) is 0 Å². The van der Waals surface area contributed by atoms with E-state index >= 15 is 0 Å². The number of rotatable bonds is 5. The lowest BCUT2D eigenvalue weighted by Crippen LogP contribution is -2.19. The number of hydrogen-bond acceptors (Lipinski definition) is 3. The van der Waals surface area contributed by atoms with Crippen molar-refractivity contribution in [1.29, 1.82) is 0 Å². The number of likely N-dealkylation sites (N-methyl/N-ethyl adjacent to an activating group) is 1. The van der Waals surface area contributed by atoms with Gasteiger partial charge in [0.05, 0.1) is 12.1 Å². The van der Waals surface area contributed by atoms with E-state index in [-0.39, 0.29) is 5.91 Å². The second-order valence-electron chi connectivity index (χ2n) is 4.77. The van der Waals surface area contributed by atoms with Crippen molar-refractivity contribution in [3.63, 3.8) is 0 Å². The van der Waals surface area contributed by atoms with Crippen molar-refractivity contribution < 1.29 is 4.79 Å². The van der Waals surface area contributed by atoms with Crippen molar-refractivity contribution in [2.75, 3.05) is 7.05 Å². The third-order valence-corrected chi connectivity index (χ3v) is 4.37. The first-order chi connectivity index (χ1) is 8.28. The summed E-state index contributed by atoms with van der Waals surface area (Å²) >= 11 is 1.60. The van der Waals surface area contributed by atoms with E-state index in [9.17, 15) is 4.79 Å². The molecule has 0 radical (unpaired) electrons. The lowest BCUT2D eigenvalue weighted by molar-refractivity contribution is -0.119. The van der Waals surface area contributed by atoms with E-state index in [1.54, 1.807) is 18.4 Å². The molecule has 1 aliphatic carbocycles. The molecule has 2 rings (SSSR count). The maximum absolute atomic E-state index is 11.2. The largest absolute Gasteiger partial charge is 0.359 e. The first-order valence-corrected chi connectivity index (χ1v) is 7.29. The summed E-state index contributed by atoms with van der Waals surface area (Å²) in [6, 6.07) is 0. The van der Waals surface area contributed by atoms with E-state index in [4.69, 9.17) is 0 Å². The highest BCUT2D eigenvalue weighted by molar-refractivity contribution is 7.09. The van der Waals surface area contributed by atoms with Crippen molar-refractivity contribution in [3.8, 4) is 0 Å². The minimum Gasteiger partial charge on any atom is -0.359 e. The minimum atomic E-state index is 0.0432. The predicted octanol–water partition coefficient (Wildman–Crippen LogP) is 2.55. The van der Waals surface area contributed by atoms with Crippen LogP contribution in [-0.2, 0) is 17.6 Å². The maximum Gasteiger partial charge on any atom is 0.226 e. The number of carbonyl (C=O) groups excluding carboxylic acids is 1. The molecule has 1 saturated carbocycles. The predicted molar refractivity (Wildman–Crippen MR) is 70.2 cm³/mol. The van der Waals surface area contributed by atoms with Gasteiger partial charge in [-0.15, -0.1) is 11.3 Å². The molecule has 0 saturated heterocycles. The van der Waals surface area contributed by atoms with Crippen LogP contribution < -0.4 is 5.32 Å². The molecule has 1 aromatic heterocycles. The van der Waals surface area contributed by atoms with Crippen molar-refractivity contribution in [3.05, 3.63) is 16.1 Å². The van der Waals surface area contributed by atoms with Gasteiger partial charge in [0.2, 0.25) is 5.91 Å². The highest BCUT2D eigenvalue weighted by atomic mass is 32.1. The fraction of sp³-hybridized carbons (Fsp3) is 0.692. The summed E-state index contributed by atoms with van der Waals surface area (Å²) < 4.78 is 0. The van der Waals surface area contributed by atoms with Gasteiger partial charge in [-0.25, -0.2) is 4.98 Å². The summed E-state index contributed by atoms with van der Waals surface area (Å²) in [5.74, 6) is 0.959. The Morgan fingerprint density at radius 1 is 1.53 bits per heavy atom. The second-order valence-corrected chi connectivity index (χ2v) is 5.71. The Balaban J connectivity index is 1.79. The first kappa shape index (κ1) is 12.6. The van der Waals surface area contributed by atoms with Gasteiger partial charge in [0.25, 0.3) is 0 Å². The first-order valence-electron chi connectivity index (χ1n) is 6.42. The fourth-order valence-electron chi connectivity index (χ4n) is 2.42. The van der Waals surface area contributed by atoms with Crippen LogP contribution in [-0.4, -0.2) is 17.9 Å². The van der Waals surface area contributed by atoms with Crippen LogP contribution in [0.4, 0.5) is 0 Å². The molecule has 1 aromatic rings. The third-order valence-electron chi connectivity index (χ3n) is 3.47. The zero-order valence-electron chi connectivity index (χ0n) is 10.4. The standard InChI is InChI=1S/C13H20N2OS/c1-14-12(16)8-13-15-11(9-17-13)7-6-10-4-2-3-5-10/h9-10H,2-8H2,1H3,(H,14,16). The Bertz CT molecular complexity index is 369. The maximum atomic E-state index is 11.2. The van der Waals surface area contributed by atoms with E-state index in [0.29, 0.717) is 6.42 Å². The summed E-state index contributed by atoms with van der Waals surface area (Å²) in [6.45, 7) is 0. The van der Waals surface area contributed by atoms with Crippen LogP contribution in [0.1, 0.15) is 42.8 Å². The van der Waals surface area contributed by atoms with Gasteiger partial charge in [-0.05, 0) is 18.8 Å². The molecule has 1 amide bonds. The summed E-state index contributed by atoms with van der Waals surface area (Å²) in [4.78, 5) is 15.7. The second kappa shape index (κ2) is 6.15. The topological polar surface area (TPSA) is 42.0 Å². The fourth-order valence-corrected chi connectivity index (χ4v) is 3.25. The molecular formula is C13H20N2OS. The monoisotopic (exact) mass is 252 g/mol. The van der Waals surface area contributed by atoms with E-state index < -0.39 is 0 Å². The average molecular weight is 252 g/mol. The molecule has 3 nitrogen and oxygen atoms in total. The molecule has 4 heteroatoms. The zero-order valence-corrected chi connectivity index (χ0v) is 11.2. The molecule has 17 heavy (non-hydrogen) atoms. The van der Waals surface area contributed by atoms with E-state index in [1.165, 1.54) is 37.8 Å². The molecule has 0 unspecified atom stereocenters. The van der Waals surface area contributed by atoms with Gasteiger partial charge in [-0.1, -0.05) is 25.7 Å². The summed E-state index contributed by atoms with van der Waals surface area (Å²) in [5.41, 5.74) is 1.17. The van der Waals surface area contributed by atoms with Crippen LogP contribution in [0, 0.1) is 5.92 Å². The lowest BCUT2D eigenvalue weighted by Gasteiger charge is -2.05. The molecule has 0 bridgehead atoms. The number of nitrogens with zero attached hydrogens (tertiary/aromatic N) is 1. The number of amides is 1. The van der Waals surface area contributed by atoms with Gasteiger partial charge in [0, 0.05) is 12.4 Å². The Kier molecular flexibility index (Phi) is 4.54. The number of nitrogens with one attached hydrogen (secondary N) is 1. The Labute approximate surface area is 107 Å². The van der Waals surface area contributed by atoms with E-state index in [2.05, 4.69) is 15.7 Å². The molecule has 1 N–H and O–H groups in total. The van der Waals surface area contributed by atoms with Crippen LogP contribution in [0.15, 0.2) is 5.38 Å². The highest BCUT2D eigenvalue weighted by Gasteiger charge is 2.15. The molecule has 0 spiro atoms. The number of carbonyl (C=O) groups is 1. The Morgan fingerprint density at radius 2 is 2.29 bits per heavy atom. The molecular weight excluding hydrogens is 232 g/mol. The highest BCUT2D eigenvalue weighted by Crippen LogP contribution is 2.28. The zero-order chi connectivity index (χ0) is 12.1. The van der Waals surface area contributed by atoms with Crippen molar-refractivity contribution in [2.45, 2.75) is 44.9 Å². The molecule has 0 aromatic carbocycles. The van der Waals surface area contributed by atoms with E-state index in [1.807, 2.05) is 0 Å². The number of thiazole rings is 1. The molecule has 1 heterocycles. The SMILES string of the molecule is CNC(=O)Cc1nc(CCC2CCCC2)cs1. The van der Waals surface area contributed by atoms with Crippen LogP contribution in [0.25, 0.3) is 0 Å². The lowest BCUT2D eigenvalue weighted by atomic mass is 10.0. The van der Waals surface area contributed by atoms with E-state index in [0.717, 1.165) is 17.3 Å². The molecule has 1 aliphatic rings. The van der Waals surface area contributed by atoms with Crippen molar-refractivity contribution >= 4 is 17.2 Å². The third kappa shape index (κ3) is 3.80.